The molecule has 32 heavy (non-hydrogen) atoms. The third-order valence-electron chi connectivity index (χ3n) is 5.65. The van der Waals surface area contributed by atoms with Gasteiger partial charge in [0, 0.05) is 55.8 Å². The smallest absolute Gasteiger partial charge is 0.255 e. The molecular formula is C24H25N5O3. The Labute approximate surface area is 185 Å². The van der Waals surface area contributed by atoms with Gasteiger partial charge in [-0.25, -0.2) is 4.68 Å². The molecule has 0 atom stereocenters. The van der Waals surface area contributed by atoms with Crippen LogP contribution in [0.15, 0.2) is 59.5 Å². The van der Waals surface area contributed by atoms with Crippen molar-refractivity contribution in [2.24, 2.45) is 0 Å². The molecule has 0 saturated carbocycles. The Balaban J connectivity index is 1.39. The summed E-state index contributed by atoms with van der Waals surface area (Å²) in [4.78, 5) is 42.4. The van der Waals surface area contributed by atoms with Gasteiger partial charge >= 0.3 is 0 Å². The van der Waals surface area contributed by atoms with E-state index in [0.717, 1.165) is 22.6 Å². The molecule has 1 fully saturated rings. The van der Waals surface area contributed by atoms with Crippen molar-refractivity contribution in [2.45, 2.75) is 13.8 Å². The quantitative estimate of drug-likeness (QED) is 0.641. The molecule has 3 aromatic rings. The molecule has 0 unspecified atom stereocenters. The van der Waals surface area contributed by atoms with E-state index >= 15 is 0 Å². The van der Waals surface area contributed by atoms with E-state index in [1.165, 1.54) is 18.3 Å². The molecule has 1 aliphatic rings. The molecule has 164 valence electrons. The number of amides is 2. The Morgan fingerprint density at radius 2 is 1.66 bits per heavy atom. The van der Waals surface area contributed by atoms with Gasteiger partial charge in [0.25, 0.3) is 5.91 Å². The summed E-state index contributed by atoms with van der Waals surface area (Å²) < 4.78 is 1.88. The highest BCUT2D eigenvalue weighted by Gasteiger charge is 2.24. The van der Waals surface area contributed by atoms with Gasteiger partial charge in [0.05, 0.1) is 16.9 Å². The van der Waals surface area contributed by atoms with Gasteiger partial charge in [0.1, 0.15) is 0 Å². The second kappa shape index (κ2) is 9.05. The summed E-state index contributed by atoms with van der Waals surface area (Å²) in [6.07, 6.45) is 4.81. The molecule has 8 heteroatoms. The predicted molar refractivity (Wildman–Crippen MR) is 122 cm³/mol. The lowest BCUT2D eigenvalue weighted by atomic mass is 10.1. The van der Waals surface area contributed by atoms with Gasteiger partial charge < -0.3 is 14.8 Å². The highest BCUT2D eigenvalue weighted by molar-refractivity contribution is 5.95. The Kier molecular flexibility index (Phi) is 6.02. The molecule has 1 aromatic carbocycles. The van der Waals surface area contributed by atoms with Crippen LogP contribution in [0.4, 0.5) is 0 Å². The molecule has 0 spiro atoms. The number of hydrogen-bond donors (Lipinski definition) is 1. The summed E-state index contributed by atoms with van der Waals surface area (Å²) in [7, 11) is 0. The third-order valence-corrected chi connectivity index (χ3v) is 5.65. The van der Waals surface area contributed by atoms with Crippen LogP contribution in [0, 0.1) is 13.8 Å². The van der Waals surface area contributed by atoms with Crippen molar-refractivity contribution in [3.05, 3.63) is 87.6 Å². The largest absolute Gasteiger partial charge is 0.336 e. The maximum Gasteiger partial charge on any atom is 0.255 e. The average molecular weight is 431 g/mol. The minimum Gasteiger partial charge on any atom is -0.336 e. The zero-order chi connectivity index (χ0) is 22.7. The standard InChI is InChI=1S/C24H25N5O3/c1-17-21(18(2)29(26-17)20-6-4-3-5-7-20)9-11-23(31)27-12-14-28(15-13-27)24(32)19-8-10-22(30)25-16-19/h3-11,16H,12-15H2,1-2H3,(H,25,30). The number of piperazine rings is 1. The average Bonchev–Trinajstić information content (AvgIpc) is 3.11. The Hall–Kier alpha value is -3.94. The van der Waals surface area contributed by atoms with Crippen LogP contribution < -0.4 is 5.56 Å². The first-order valence-corrected chi connectivity index (χ1v) is 10.5. The molecule has 1 N–H and O–H groups in total. The van der Waals surface area contributed by atoms with Gasteiger partial charge in [-0.3, -0.25) is 14.4 Å². The van der Waals surface area contributed by atoms with Crippen molar-refractivity contribution in [2.75, 3.05) is 26.2 Å². The van der Waals surface area contributed by atoms with Crippen LogP contribution in [-0.4, -0.2) is 62.6 Å². The molecule has 0 radical (unpaired) electrons. The van der Waals surface area contributed by atoms with E-state index in [4.69, 9.17) is 0 Å². The van der Waals surface area contributed by atoms with E-state index in [9.17, 15) is 14.4 Å². The van der Waals surface area contributed by atoms with E-state index in [0.29, 0.717) is 31.7 Å². The monoisotopic (exact) mass is 431 g/mol. The summed E-state index contributed by atoms with van der Waals surface area (Å²) in [5.41, 5.74) is 3.91. The fourth-order valence-corrected chi connectivity index (χ4v) is 3.83. The van der Waals surface area contributed by atoms with Crippen molar-refractivity contribution in [1.29, 1.82) is 0 Å². The highest BCUT2D eigenvalue weighted by Crippen LogP contribution is 2.19. The van der Waals surface area contributed by atoms with Crippen molar-refractivity contribution < 1.29 is 9.59 Å². The number of nitrogens with zero attached hydrogens (tertiary/aromatic N) is 4. The van der Waals surface area contributed by atoms with Gasteiger partial charge in [0.15, 0.2) is 0 Å². The number of carbonyl (C=O) groups excluding carboxylic acids is 2. The molecular weight excluding hydrogens is 406 g/mol. The van der Waals surface area contributed by atoms with Crippen molar-refractivity contribution in [1.82, 2.24) is 24.6 Å². The molecule has 2 amide bonds. The Morgan fingerprint density at radius 3 is 2.31 bits per heavy atom. The normalized spacial score (nSPS) is 14.2. The number of aromatic amines is 1. The predicted octanol–water partition coefficient (Wildman–Crippen LogP) is 2.18. The highest BCUT2D eigenvalue weighted by atomic mass is 16.2. The summed E-state index contributed by atoms with van der Waals surface area (Å²) in [6, 6.07) is 12.7. The number of aryl methyl sites for hydroxylation is 1. The van der Waals surface area contributed by atoms with Gasteiger partial charge in [-0.2, -0.15) is 5.10 Å². The van der Waals surface area contributed by atoms with Crippen LogP contribution in [0.2, 0.25) is 0 Å². The fraction of sp³-hybridized carbons (Fsp3) is 0.250. The number of pyridine rings is 1. The van der Waals surface area contributed by atoms with Crippen LogP contribution in [-0.2, 0) is 4.79 Å². The summed E-state index contributed by atoms with van der Waals surface area (Å²) in [6.45, 7) is 5.72. The first-order chi connectivity index (χ1) is 15.4. The van der Waals surface area contributed by atoms with Gasteiger partial charge in [-0.1, -0.05) is 18.2 Å². The number of rotatable bonds is 4. The van der Waals surface area contributed by atoms with E-state index in [1.54, 1.807) is 15.9 Å². The zero-order valence-corrected chi connectivity index (χ0v) is 18.1. The van der Waals surface area contributed by atoms with Crippen molar-refractivity contribution in [3.8, 4) is 5.69 Å². The number of hydrogen-bond acceptors (Lipinski definition) is 4. The minimum absolute atomic E-state index is 0.0904. The van der Waals surface area contributed by atoms with E-state index in [1.807, 2.05) is 54.9 Å². The van der Waals surface area contributed by atoms with Crippen LogP contribution in [0.3, 0.4) is 0 Å². The van der Waals surface area contributed by atoms with Crippen molar-refractivity contribution >= 4 is 17.9 Å². The first kappa shape index (κ1) is 21.3. The maximum atomic E-state index is 12.7. The first-order valence-electron chi connectivity index (χ1n) is 10.5. The number of para-hydroxylation sites is 1. The van der Waals surface area contributed by atoms with E-state index < -0.39 is 0 Å². The molecule has 0 bridgehead atoms. The van der Waals surface area contributed by atoms with Crippen LogP contribution in [0.5, 0.6) is 0 Å². The summed E-state index contributed by atoms with van der Waals surface area (Å²) >= 11 is 0. The van der Waals surface area contributed by atoms with E-state index in [2.05, 4.69) is 10.1 Å². The van der Waals surface area contributed by atoms with Gasteiger partial charge in [0.2, 0.25) is 11.5 Å². The number of aromatic nitrogens is 3. The molecule has 4 rings (SSSR count). The van der Waals surface area contributed by atoms with Gasteiger partial charge in [-0.15, -0.1) is 0 Å². The Bertz CT molecular complexity index is 1200. The summed E-state index contributed by atoms with van der Waals surface area (Å²) in [5, 5.41) is 4.61. The molecule has 2 aromatic heterocycles. The SMILES string of the molecule is Cc1nn(-c2ccccc2)c(C)c1C=CC(=O)N1CCN(C(=O)c2ccc(=O)[nH]c2)CC1. The molecule has 1 aliphatic heterocycles. The van der Waals surface area contributed by atoms with Crippen molar-refractivity contribution in [3.63, 3.8) is 0 Å². The number of carbonyl (C=O) groups is 2. The molecule has 1 saturated heterocycles. The molecule has 0 aliphatic carbocycles. The maximum absolute atomic E-state index is 12.7. The van der Waals surface area contributed by atoms with Crippen LogP contribution in [0.25, 0.3) is 11.8 Å². The molecule has 3 heterocycles. The lowest BCUT2D eigenvalue weighted by Gasteiger charge is -2.34. The second-order valence-corrected chi connectivity index (χ2v) is 7.72. The number of nitrogens with one attached hydrogen (secondary N) is 1. The number of H-pyrrole nitrogens is 1. The lowest BCUT2D eigenvalue weighted by Crippen LogP contribution is -2.50. The summed E-state index contributed by atoms with van der Waals surface area (Å²) in [5.74, 6) is -0.240. The second-order valence-electron chi connectivity index (χ2n) is 7.72. The fourth-order valence-electron chi connectivity index (χ4n) is 3.83. The van der Waals surface area contributed by atoms with Gasteiger partial charge in [-0.05, 0) is 38.1 Å². The lowest BCUT2D eigenvalue weighted by molar-refractivity contribution is -0.127. The minimum atomic E-state index is -0.247. The van der Waals surface area contributed by atoms with Crippen LogP contribution in [0.1, 0.15) is 27.3 Å². The molecule has 8 nitrogen and oxygen atoms in total. The zero-order valence-electron chi connectivity index (χ0n) is 18.1. The van der Waals surface area contributed by atoms with Crippen LogP contribution >= 0.6 is 0 Å². The topological polar surface area (TPSA) is 91.3 Å². The van der Waals surface area contributed by atoms with E-state index in [-0.39, 0.29) is 17.4 Å². The third kappa shape index (κ3) is 4.39. The Morgan fingerprint density at radius 1 is 0.969 bits per heavy atom. The number of benzene rings is 1.